The fourth-order valence-corrected chi connectivity index (χ4v) is 3.37. The molecule has 2 unspecified atom stereocenters. The number of nitrogens with one attached hydrogen (secondary N) is 2. The lowest BCUT2D eigenvalue weighted by Gasteiger charge is -2.21. The largest absolute Gasteiger partial charge is 0.480 e. The summed E-state index contributed by atoms with van der Waals surface area (Å²) >= 11 is 0. The van der Waals surface area contributed by atoms with E-state index < -0.39 is 24.0 Å². The average molecular weight is 422 g/mol. The number of carbonyl (C=O) groups excluding carboxylic acids is 2. The van der Waals surface area contributed by atoms with Crippen molar-refractivity contribution in [1.82, 2.24) is 10.6 Å². The highest BCUT2D eigenvalue weighted by molar-refractivity contribution is 5.86. The van der Waals surface area contributed by atoms with Gasteiger partial charge in [-0.1, -0.05) is 73.7 Å². The molecule has 162 valence electrons. The van der Waals surface area contributed by atoms with Gasteiger partial charge in [0.25, 0.3) is 0 Å². The van der Waals surface area contributed by atoms with E-state index in [2.05, 4.69) is 10.6 Å². The molecule has 31 heavy (non-hydrogen) atoms. The summed E-state index contributed by atoms with van der Waals surface area (Å²) < 4.78 is 5.35. The summed E-state index contributed by atoms with van der Waals surface area (Å²) in [6.45, 7) is 1.86. The summed E-state index contributed by atoms with van der Waals surface area (Å²) in [6, 6.07) is 15.3. The Labute approximate surface area is 181 Å². The van der Waals surface area contributed by atoms with Crippen molar-refractivity contribution < 1.29 is 24.2 Å². The number of amides is 2. The van der Waals surface area contributed by atoms with Gasteiger partial charge < -0.3 is 20.5 Å². The first kappa shape index (κ1) is 22.1. The van der Waals surface area contributed by atoms with E-state index in [1.54, 1.807) is 19.1 Å². The Morgan fingerprint density at radius 3 is 2.68 bits per heavy atom. The Balaban J connectivity index is 1.78. The van der Waals surface area contributed by atoms with Crippen LogP contribution in [0.1, 0.15) is 36.1 Å². The number of ether oxygens (including phenoxy) is 1. The van der Waals surface area contributed by atoms with E-state index in [1.807, 2.05) is 54.6 Å². The molecule has 3 atom stereocenters. The average Bonchev–Trinajstić information content (AvgIpc) is 2.76. The zero-order valence-electron chi connectivity index (χ0n) is 17.3. The van der Waals surface area contributed by atoms with Crippen LogP contribution in [0.25, 0.3) is 0 Å². The van der Waals surface area contributed by atoms with E-state index in [9.17, 15) is 19.5 Å². The first-order chi connectivity index (χ1) is 14.9. The van der Waals surface area contributed by atoms with Crippen LogP contribution >= 0.6 is 0 Å². The second kappa shape index (κ2) is 10.4. The third-order valence-electron chi connectivity index (χ3n) is 5.12. The predicted molar refractivity (Wildman–Crippen MR) is 115 cm³/mol. The van der Waals surface area contributed by atoms with Crippen LogP contribution in [0.3, 0.4) is 0 Å². The Kier molecular flexibility index (Phi) is 7.43. The molecule has 3 N–H and O–H groups in total. The molecule has 3 rings (SSSR count). The van der Waals surface area contributed by atoms with Gasteiger partial charge in [-0.2, -0.15) is 0 Å². The van der Waals surface area contributed by atoms with E-state index in [-0.39, 0.29) is 25.0 Å². The van der Waals surface area contributed by atoms with Gasteiger partial charge in [-0.25, -0.2) is 9.59 Å². The number of carboxylic acid groups (broad SMARTS) is 1. The minimum absolute atomic E-state index is 0.149. The van der Waals surface area contributed by atoms with Crippen molar-refractivity contribution in [2.45, 2.75) is 38.5 Å². The predicted octanol–water partition coefficient (Wildman–Crippen LogP) is 3.36. The van der Waals surface area contributed by atoms with Crippen LogP contribution < -0.4 is 10.6 Å². The van der Waals surface area contributed by atoms with E-state index in [1.165, 1.54) is 0 Å². The van der Waals surface area contributed by atoms with E-state index in [0.29, 0.717) is 6.42 Å². The van der Waals surface area contributed by atoms with Crippen LogP contribution in [0.2, 0.25) is 0 Å². The first-order valence-corrected chi connectivity index (χ1v) is 10.2. The highest BCUT2D eigenvalue weighted by Crippen LogP contribution is 2.21. The third kappa shape index (κ3) is 6.44. The molecule has 1 aliphatic heterocycles. The van der Waals surface area contributed by atoms with Gasteiger partial charge in [-0.3, -0.25) is 4.79 Å². The maximum Gasteiger partial charge on any atom is 0.407 e. The lowest BCUT2D eigenvalue weighted by molar-refractivity contribution is -0.142. The number of aliphatic carboxylic acids is 1. The normalized spacial score (nSPS) is 22.2. The van der Waals surface area contributed by atoms with Crippen LogP contribution in [0.15, 0.2) is 66.7 Å². The number of carbonyl (C=O) groups is 3. The second-order valence-corrected chi connectivity index (χ2v) is 7.56. The molecule has 0 saturated carbocycles. The highest BCUT2D eigenvalue weighted by atomic mass is 16.5. The zero-order chi connectivity index (χ0) is 22.2. The summed E-state index contributed by atoms with van der Waals surface area (Å²) in [6.07, 6.45) is 3.59. The monoisotopic (exact) mass is 422 g/mol. The SMILES string of the molecule is CC1/C=C\C[C@H](NC(=O)OCc2ccccc2)c2cccc(c2)CC(C(=O)O)NC1=O. The first-order valence-electron chi connectivity index (χ1n) is 10.2. The number of carboxylic acids is 1. The van der Waals surface area contributed by atoms with E-state index in [4.69, 9.17) is 4.74 Å². The Hall–Kier alpha value is -3.61. The van der Waals surface area contributed by atoms with E-state index in [0.717, 1.165) is 16.7 Å². The van der Waals surface area contributed by atoms with Crippen molar-refractivity contribution >= 4 is 18.0 Å². The molecule has 0 saturated heterocycles. The van der Waals surface area contributed by atoms with E-state index >= 15 is 0 Å². The minimum Gasteiger partial charge on any atom is -0.480 e. The van der Waals surface area contributed by atoms with Crippen molar-refractivity contribution in [3.05, 3.63) is 83.4 Å². The van der Waals surface area contributed by atoms with Crippen LogP contribution in [-0.4, -0.2) is 29.1 Å². The maximum absolute atomic E-state index is 12.4. The number of hydrogen-bond acceptors (Lipinski definition) is 4. The molecule has 7 nitrogen and oxygen atoms in total. The topological polar surface area (TPSA) is 105 Å². The fourth-order valence-electron chi connectivity index (χ4n) is 3.37. The lowest BCUT2D eigenvalue weighted by atomic mass is 9.96. The van der Waals surface area contributed by atoms with Gasteiger partial charge in [0, 0.05) is 6.42 Å². The van der Waals surface area contributed by atoms with Crippen molar-refractivity contribution in [3.63, 3.8) is 0 Å². The van der Waals surface area contributed by atoms with Crippen LogP contribution in [0.5, 0.6) is 0 Å². The highest BCUT2D eigenvalue weighted by Gasteiger charge is 2.24. The number of hydrogen-bond donors (Lipinski definition) is 3. The van der Waals surface area contributed by atoms with Gasteiger partial charge in [0.05, 0.1) is 12.0 Å². The Morgan fingerprint density at radius 1 is 1.16 bits per heavy atom. The number of benzene rings is 2. The quantitative estimate of drug-likeness (QED) is 0.656. The lowest BCUT2D eigenvalue weighted by Crippen LogP contribution is -2.44. The van der Waals surface area contributed by atoms with Gasteiger partial charge in [0.15, 0.2) is 0 Å². The zero-order valence-corrected chi connectivity index (χ0v) is 17.3. The summed E-state index contributed by atoms with van der Waals surface area (Å²) in [5.41, 5.74) is 2.48. The number of rotatable bonds is 4. The molecule has 0 aliphatic carbocycles. The van der Waals surface area contributed by atoms with Crippen molar-refractivity contribution in [1.29, 1.82) is 0 Å². The fraction of sp³-hybridized carbons (Fsp3) is 0.292. The molecule has 0 spiro atoms. The number of fused-ring (bicyclic) bond motifs is 2. The molecule has 2 bridgehead atoms. The summed E-state index contributed by atoms with van der Waals surface area (Å²) in [4.78, 5) is 36.4. The van der Waals surface area contributed by atoms with Crippen LogP contribution in [0, 0.1) is 5.92 Å². The van der Waals surface area contributed by atoms with Gasteiger partial charge in [-0.05, 0) is 23.1 Å². The number of alkyl carbamates (subject to hydrolysis) is 1. The molecule has 2 amide bonds. The Morgan fingerprint density at radius 2 is 1.94 bits per heavy atom. The smallest absolute Gasteiger partial charge is 0.407 e. The standard InChI is InChI=1S/C24H26N2O5/c1-16-7-5-12-20(26-24(30)31-15-17-8-3-2-4-9-17)19-11-6-10-18(13-19)14-21(23(28)29)25-22(16)27/h2-11,13,16,20-21H,12,14-15H2,1H3,(H,25,27)(H,26,30)(H,28,29)/b7-5-/t16?,20-,21?/m0/s1. The third-order valence-corrected chi connectivity index (χ3v) is 5.12. The summed E-state index contributed by atoms with van der Waals surface area (Å²) in [5.74, 6) is -1.94. The maximum atomic E-state index is 12.4. The van der Waals surface area contributed by atoms with Crippen molar-refractivity contribution in [2.24, 2.45) is 5.92 Å². The van der Waals surface area contributed by atoms with Crippen molar-refractivity contribution in [2.75, 3.05) is 0 Å². The molecule has 1 heterocycles. The molecular formula is C24H26N2O5. The summed E-state index contributed by atoms with van der Waals surface area (Å²) in [5, 5.41) is 15.0. The van der Waals surface area contributed by atoms with Crippen LogP contribution in [0.4, 0.5) is 4.79 Å². The Bertz CT molecular complexity index is 957. The molecule has 2 aromatic carbocycles. The van der Waals surface area contributed by atoms with Gasteiger partial charge in [-0.15, -0.1) is 0 Å². The molecule has 2 aromatic rings. The minimum atomic E-state index is -1.09. The molecule has 0 aromatic heterocycles. The van der Waals surface area contributed by atoms with Gasteiger partial charge in [0.1, 0.15) is 12.6 Å². The molecule has 1 aliphatic rings. The molecular weight excluding hydrogens is 396 g/mol. The molecule has 0 fully saturated rings. The van der Waals surface area contributed by atoms with Gasteiger partial charge >= 0.3 is 12.1 Å². The summed E-state index contributed by atoms with van der Waals surface area (Å²) in [7, 11) is 0. The van der Waals surface area contributed by atoms with Gasteiger partial charge in [0.2, 0.25) is 5.91 Å². The van der Waals surface area contributed by atoms with Crippen molar-refractivity contribution in [3.8, 4) is 0 Å². The van der Waals surface area contributed by atoms with Crippen LogP contribution in [-0.2, 0) is 27.4 Å². The molecule has 7 heteroatoms. The second-order valence-electron chi connectivity index (χ2n) is 7.56. The molecule has 0 radical (unpaired) electrons.